The molecule has 2 aromatic carbocycles. The number of hydrogen-bond donors (Lipinski definition) is 0. The van der Waals surface area contributed by atoms with Crippen LogP contribution in [0.1, 0.15) is 32.2 Å². The van der Waals surface area contributed by atoms with Gasteiger partial charge in [0.05, 0.1) is 35.8 Å². The van der Waals surface area contributed by atoms with Gasteiger partial charge in [-0.1, -0.05) is 22.9 Å². The molecule has 12 heteroatoms. The SMILES string of the molecule is CCOc1cc(C=Nn2c(CC)nc3ccc(Br)cc3c2=O)cc([N+](=O)[O-])c1O[C@H](C)C(=O)OC. The van der Waals surface area contributed by atoms with Gasteiger partial charge in [0.15, 0.2) is 11.9 Å². The van der Waals surface area contributed by atoms with Crippen molar-refractivity contribution in [3.05, 3.63) is 66.7 Å². The van der Waals surface area contributed by atoms with Crippen molar-refractivity contribution in [3.8, 4) is 11.5 Å². The molecule has 3 aromatic rings. The van der Waals surface area contributed by atoms with E-state index in [1.54, 1.807) is 25.1 Å². The predicted molar refractivity (Wildman–Crippen MR) is 132 cm³/mol. The number of benzene rings is 2. The molecule has 0 aliphatic heterocycles. The van der Waals surface area contributed by atoms with Crippen LogP contribution in [0.4, 0.5) is 5.69 Å². The molecule has 1 heterocycles. The third-order valence-electron chi connectivity index (χ3n) is 4.90. The number of carbonyl (C=O) groups excluding carboxylic acids is 1. The number of ether oxygens (including phenoxy) is 3. The van der Waals surface area contributed by atoms with Gasteiger partial charge in [0.25, 0.3) is 5.56 Å². The maximum absolute atomic E-state index is 13.1. The van der Waals surface area contributed by atoms with Crippen molar-refractivity contribution in [3.63, 3.8) is 0 Å². The van der Waals surface area contributed by atoms with Crippen molar-refractivity contribution in [1.82, 2.24) is 9.66 Å². The number of hydrogen-bond acceptors (Lipinski definition) is 9. The number of nitro groups is 1. The van der Waals surface area contributed by atoms with E-state index in [-0.39, 0.29) is 29.2 Å². The highest BCUT2D eigenvalue weighted by Crippen LogP contribution is 2.39. The van der Waals surface area contributed by atoms with Gasteiger partial charge in [0.1, 0.15) is 5.82 Å². The summed E-state index contributed by atoms with van der Waals surface area (Å²) in [7, 11) is 1.19. The molecule has 0 saturated carbocycles. The third kappa shape index (κ3) is 5.65. The number of esters is 1. The summed E-state index contributed by atoms with van der Waals surface area (Å²) in [5.41, 5.74) is 0.00563. The molecule has 0 amide bonds. The van der Waals surface area contributed by atoms with E-state index < -0.39 is 22.7 Å². The number of halogens is 1. The van der Waals surface area contributed by atoms with E-state index >= 15 is 0 Å². The standard InChI is InChI=1S/C23H23BrN4O7/c1-5-20-26-17-8-7-15(24)11-16(17)22(29)27(20)25-12-14-9-18(28(31)32)21(19(10-14)34-6-2)35-13(3)23(30)33-4/h7-13H,5-6H2,1-4H3/t13-/m1/s1. The molecule has 0 spiro atoms. The highest BCUT2D eigenvalue weighted by Gasteiger charge is 2.27. The first-order chi connectivity index (χ1) is 16.7. The maximum atomic E-state index is 13.1. The van der Waals surface area contributed by atoms with Crippen LogP contribution in [-0.4, -0.2) is 46.6 Å². The molecule has 0 aliphatic rings. The Morgan fingerprint density at radius 1 is 1.31 bits per heavy atom. The van der Waals surface area contributed by atoms with Crippen LogP contribution in [-0.2, 0) is 16.0 Å². The number of nitro benzene ring substituents is 1. The lowest BCUT2D eigenvalue weighted by molar-refractivity contribution is -0.386. The minimum atomic E-state index is -1.11. The summed E-state index contributed by atoms with van der Waals surface area (Å²) in [4.78, 5) is 40.5. The number of aromatic nitrogens is 2. The van der Waals surface area contributed by atoms with E-state index in [0.717, 1.165) is 9.15 Å². The van der Waals surface area contributed by atoms with Crippen molar-refractivity contribution in [2.45, 2.75) is 33.3 Å². The fraction of sp³-hybridized carbons (Fsp3) is 0.304. The molecule has 184 valence electrons. The first-order valence-electron chi connectivity index (χ1n) is 10.6. The molecule has 0 bridgehead atoms. The number of nitrogens with zero attached hydrogens (tertiary/aromatic N) is 4. The molecule has 0 N–H and O–H groups in total. The molecular formula is C23H23BrN4O7. The second-order valence-electron chi connectivity index (χ2n) is 7.25. The topological polar surface area (TPSA) is 135 Å². The van der Waals surface area contributed by atoms with E-state index in [2.05, 4.69) is 30.8 Å². The molecule has 35 heavy (non-hydrogen) atoms. The molecule has 1 atom stereocenters. The van der Waals surface area contributed by atoms with Crippen molar-refractivity contribution in [1.29, 1.82) is 0 Å². The number of methoxy groups -OCH3 is 1. The second-order valence-corrected chi connectivity index (χ2v) is 8.16. The quantitative estimate of drug-likeness (QED) is 0.171. The lowest BCUT2D eigenvalue weighted by Gasteiger charge is -2.16. The summed E-state index contributed by atoms with van der Waals surface area (Å²) in [6.07, 6.45) is 0.627. The fourth-order valence-electron chi connectivity index (χ4n) is 3.26. The van der Waals surface area contributed by atoms with Crippen LogP contribution in [0.3, 0.4) is 0 Å². The Hall–Kier alpha value is -3.80. The van der Waals surface area contributed by atoms with Gasteiger partial charge in [0.2, 0.25) is 5.75 Å². The van der Waals surface area contributed by atoms with E-state index in [0.29, 0.717) is 23.1 Å². The van der Waals surface area contributed by atoms with E-state index in [9.17, 15) is 19.7 Å². The number of carbonyl (C=O) groups is 1. The average molecular weight is 547 g/mol. The zero-order chi connectivity index (χ0) is 25.7. The molecule has 0 radical (unpaired) electrons. The van der Waals surface area contributed by atoms with Crippen LogP contribution in [0.25, 0.3) is 10.9 Å². The van der Waals surface area contributed by atoms with Gasteiger partial charge in [-0.15, -0.1) is 0 Å². The zero-order valence-corrected chi connectivity index (χ0v) is 21.1. The van der Waals surface area contributed by atoms with E-state index in [4.69, 9.17) is 9.47 Å². The van der Waals surface area contributed by atoms with Gasteiger partial charge >= 0.3 is 11.7 Å². The Kier molecular flexibility index (Phi) is 8.18. The largest absolute Gasteiger partial charge is 0.490 e. The lowest BCUT2D eigenvalue weighted by Crippen LogP contribution is -2.25. The van der Waals surface area contributed by atoms with Crippen LogP contribution in [0.15, 0.2) is 44.7 Å². The summed E-state index contributed by atoms with van der Waals surface area (Å²) < 4.78 is 17.6. The van der Waals surface area contributed by atoms with Gasteiger partial charge in [0, 0.05) is 22.5 Å². The summed E-state index contributed by atoms with van der Waals surface area (Å²) in [5.74, 6) is -0.445. The summed E-state index contributed by atoms with van der Waals surface area (Å²) in [6.45, 7) is 5.13. The highest BCUT2D eigenvalue weighted by atomic mass is 79.9. The third-order valence-corrected chi connectivity index (χ3v) is 5.39. The molecule has 0 fully saturated rings. The molecule has 11 nitrogen and oxygen atoms in total. The van der Waals surface area contributed by atoms with Crippen molar-refractivity contribution in [2.24, 2.45) is 5.10 Å². The van der Waals surface area contributed by atoms with E-state index in [1.165, 1.54) is 32.4 Å². The van der Waals surface area contributed by atoms with Gasteiger partial charge in [-0.05, 0) is 38.1 Å². The molecule has 0 aliphatic carbocycles. The summed E-state index contributed by atoms with van der Waals surface area (Å²) >= 11 is 3.35. The summed E-state index contributed by atoms with van der Waals surface area (Å²) in [5, 5.41) is 16.4. The molecular weight excluding hydrogens is 524 g/mol. The lowest BCUT2D eigenvalue weighted by atomic mass is 10.1. The highest BCUT2D eigenvalue weighted by molar-refractivity contribution is 9.10. The minimum absolute atomic E-state index is 0.0440. The predicted octanol–water partition coefficient (Wildman–Crippen LogP) is 3.85. The van der Waals surface area contributed by atoms with Gasteiger partial charge < -0.3 is 14.2 Å². The van der Waals surface area contributed by atoms with Gasteiger partial charge in [-0.25, -0.2) is 9.78 Å². The number of fused-ring (bicyclic) bond motifs is 1. The first kappa shape index (κ1) is 25.8. The van der Waals surface area contributed by atoms with Gasteiger partial charge in [-0.3, -0.25) is 14.9 Å². The van der Waals surface area contributed by atoms with Crippen LogP contribution < -0.4 is 15.0 Å². The first-order valence-corrected chi connectivity index (χ1v) is 11.4. The monoisotopic (exact) mass is 546 g/mol. The maximum Gasteiger partial charge on any atom is 0.346 e. The van der Waals surface area contributed by atoms with Crippen molar-refractivity contribution < 1.29 is 23.9 Å². The Morgan fingerprint density at radius 3 is 2.69 bits per heavy atom. The summed E-state index contributed by atoms with van der Waals surface area (Å²) in [6, 6.07) is 7.87. The Bertz CT molecular complexity index is 1370. The van der Waals surface area contributed by atoms with Crippen LogP contribution >= 0.6 is 15.9 Å². The number of rotatable bonds is 9. The fourth-order valence-corrected chi connectivity index (χ4v) is 3.62. The molecule has 0 saturated heterocycles. The van der Waals surface area contributed by atoms with E-state index in [1.807, 2.05) is 6.92 Å². The zero-order valence-electron chi connectivity index (χ0n) is 19.5. The van der Waals surface area contributed by atoms with Crippen molar-refractivity contribution in [2.75, 3.05) is 13.7 Å². The van der Waals surface area contributed by atoms with Gasteiger partial charge in [-0.2, -0.15) is 9.78 Å². The normalized spacial score (nSPS) is 12.0. The van der Waals surface area contributed by atoms with Crippen LogP contribution in [0.2, 0.25) is 0 Å². The molecule has 1 aromatic heterocycles. The Balaban J connectivity index is 2.12. The number of aryl methyl sites for hydroxylation is 1. The average Bonchev–Trinajstić information content (AvgIpc) is 2.84. The molecule has 3 rings (SSSR count). The Labute approximate surface area is 208 Å². The van der Waals surface area contributed by atoms with Crippen LogP contribution in [0, 0.1) is 10.1 Å². The van der Waals surface area contributed by atoms with Crippen LogP contribution in [0.5, 0.6) is 11.5 Å². The van der Waals surface area contributed by atoms with Crippen molar-refractivity contribution >= 4 is 44.7 Å². The second kappa shape index (κ2) is 11.1. The Morgan fingerprint density at radius 2 is 2.06 bits per heavy atom. The smallest absolute Gasteiger partial charge is 0.346 e. The minimum Gasteiger partial charge on any atom is -0.490 e. The molecule has 0 unspecified atom stereocenters.